The summed E-state index contributed by atoms with van der Waals surface area (Å²) in [4.78, 5) is 10.6. The highest BCUT2D eigenvalue weighted by atomic mass is 16.6. The van der Waals surface area contributed by atoms with E-state index in [4.69, 9.17) is 0 Å². The highest BCUT2D eigenvalue weighted by Gasteiger charge is 2.21. The maximum Gasteiger partial charge on any atom is 0.278 e. The average Bonchev–Trinajstić information content (AvgIpc) is 3.23. The van der Waals surface area contributed by atoms with Crippen molar-refractivity contribution in [2.75, 3.05) is 5.32 Å². The molecule has 1 fully saturated rings. The Morgan fingerprint density at radius 3 is 2.58 bits per heavy atom. The molecule has 1 aromatic heterocycles. The SMILES string of the molecule is O=[N+]([O-])c1ccccc1-c1ccc(NC2CC2)nn1. The number of nitrogens with zero attached hydrogens (tertiary/aromatic N) is 3. The van der Waals surface area contributed by atoms with Crippen molar-refractivity contribution in [3.63, 3.8) is 0 Å². The van der Waals surface area contributed by atoms with Crippen molar-refractivity contribution in [3.05, 3.63) is 46.5 Å². The molecular weight excluding hydrogens is 244 g/mol. The molecule has 1 aliphatic rings. The Kier molecular flexibility index (Phi) is 2.83. The molecule has 6 heteroatoms. The zero-order valence-electron chi connectivity index (χ0n) is 10.1. The van der Waals surface area contributed by atoms with Crippen LogP contribution in [-0.4, -0.2) is 21.2 Å². The van der Waals surface area contributed by atoms with Gasteiger partial charge in [0, 0.05) is 12.1 Å². The van der Waals surface area contributed by atoms with Crippen LogP contribution in [0.3, 0.4) is 0 Å². The summed E-state index contributed by atoms with van der Waals surface area (Å²) in [6, 6.07) is 10.6. The summed E-state index contributed by atoms with van der Waals surface area (Å²) in [5.74, 6) is 0.713. The van der Waals surface area contributed by atoms with Crippen molar-refractivity contribution >= 4 is 11.5 Å². The molecule has 6 nitrogen and oxygen atoms in total. The number of nitro groups is 1. The van der Waals surface area contributed by atoms with Crippen molar-refractivity contribution in [2.24, 2.45) is 0 Å². The van der Waals surface area contributed by atoms with Crippen LogP contribution in [0, 0.1) is 10.1 Å². The first kappa shape index (κ1) is 11.6. The molecule has 3 rings (SSSR count). The van der Waals surface area contributed by atoms with Crippen LogP contribution in [0.2, 0.25) is 0 Å². The third kappa shape index (κ3) is 2.52. The number of anilines is 1. The molecule has 0 saturated heterocycles. The Labute approximate surface area is 109 Å². The standard InChI is InChI=1S/C13H12N4O2/c18-17(19)12-4-2-1-3-10(12)11-7-8-13(16-15-11)14-9-5-6-9/h1-4,7-9H,5-6H2,(H,14,16). The molecule has 0 atom stereocenters. The van der Waals surface area contributed by atoms with E-state index in [2.05, 4.69) is 15.5 Å². The van der Waals surface area contributed by atoms with Gasteiger partial charge in [-0.2, -0.15) is 0 Å². The monoisotopic (exact) mass is 256 g/mol. The lowest BCUT2D eigenvalue weighted by Crippen LogP contribution is -2.04. The Morgan fingerprint density at radius 2 is 1.95 bits per heavy atom. The number of rotatable bonds is 4. The number of benzene rings is 1. The van der Waals surface area contributed by atoms with E-state index in [-0.39, 0.29) is 5.69 Å². The zero-order chi connectivity index (χ0) is 13.2. The fourth-order valence-electron chi connectivity index (χ4n) is 1.84. The molecule has 1 N–H and O–H groups in total. The largest absolute Gasteiger partial charge is 0.366 e. The summed E-state index contributed by atoms with van der Waals surface area (Å²) < 4.78 is 0. The lowest BCUT2D eigenvalue weighted by atomic mass is 10.1. The van der Waals surface area contributed by atoms with Gasteiger partial charge >= 0.3 is 0 Å². The maximum atomic E-state index is 11.0. The smallest absolute Gasteiger partial charge is 0.278 e. The summed E-state index contributed by atoms with van der Waals surface area (Å²) in [7, 11) is 0. The Morgan fingerprint density at radius 1 is 1.16 bits per heavy atom. The number of aromatic nitrogens is 2. The van der Waals surface area contributed by atoms with E-state index in [0.717, 1.165) is 12.8 Å². The zero-order valence-corrected chi connectivity index (χ0v) is 10.1. The first-order valence-corrected chi connectivity index (χ1v) is 6.08. The van der Waals surface area contributed by atoms with Crippen molar-refractivity contribution < 1.29 is 4.92 Å². The van der Waals surface area contributed by atoms with Crippen LogP contribution >= 0.6 is 0 Å². The van der Waals surface area contributed by atoms with Crippen molar-refractivity contribution in [3.8, 4) is 11.3 Å². The quantitative estimate of drug-likeness (QED) is 0.671. The summed E-state index contributed by atoms with van der Waals surface area (Å²) in [6.45, 7) is 0. The average molecular weight is 256 g/mol. The van der Waals surface area contributed by atoms with Crippen LogP contribution in [0.25, 0.3) is 11.3 Å². The molecule has 1 saturated carbocycles. The molecule has 19 heavy (non-hydrogen) atoms. The maximum absolute atomic E-state index is 11.0. The van der Waals surface area contributed by atoms with E-state index in [1.807, 2.05) is 0 Å². The van der Waals surface area contributed by atoms with Crippen LogP contribution in [0.5, 0.6) is 0 Å². The minimum atomic E-state index is -0.409. The Balaban J connectivity index is 1.91. The molecule has 1 aliphatic carbocycles. The first-order chi connectivity index (χ1) is 9.24. The number of hydrogen-bond donors (Lipinski definition) is 1. The molecule has 0 unspecified atom stereocenters. The lowest BCUT2D eigenvalue weighted by molar-refractivity contribution is -0.384. The molecule has 0 bridgehead atoms. The molecule has 2 aromatic rings. The molecular formula is C13H12N4O2. The predicted molar refractivity (Wildman–Crippen MR) is 70.8 cm³/mol. The van der Waals surface area contributed by atoms with Gasteiger partial charge in [-0.25, -0.2) is 0 Å². The highest BCUT2D eigenvalue weighted by Crippen LogP contribution is 2.28. The fourth-order valence-corrected chi connectivity index (χ4v) is 1.84. The van der Waals surface area contributed by atoms with Crippen molar-refractivity contribution in [1.29, 1.82) is 0 Å². The Hall–Kier alpha value is -2.50. The van der Waals surface area contributed by atoms with E-state index in [1.165, 1.54) is 6.07 Å². The molecule has 0 aliphatic heterocycles. The van der Waals surface area contributed by atoms with Gasteiger partial charge in [0.25, 0.3) is 5.69 Å². The van der Waals surface area contributed by atoms with Gasteiger partial charge in [0.15, 0.2) is 0 Å². The van der Waals surface area contributed by atoms with Gasteiger partial charge in [-0.1, -0.05) is 12.1 Å². The number of para-hydroxylation sites is 1. The minimum absolute atomic E-state index is 0.0414. The van der Waals surface area contributed by atoms with E-state index in [0.29, 0.717) is 23.1 Å². The summed E-state index contributed by atoms with van der Waals surface area (Å²) in [6.07, 6.45) is 2.32. The van der Waals surface area contributed by atoms with Crippen LogP contribution in [0.15, 0.2) is 36.4 Å². The second-order valence-electron chi connectivity index (χ2n) is 4.50. The van der Waals surface area contributed by atoms with Gasteiger partial charge in [-0.05, 0) is 31.0 Å². The topological polar surface area (TPSA) is 81.0 Å². The third-order valence-corrected chi connectivity index (χ3v) is 2.97. The van der Waals surface area contributed by atoms with Crippen LogP contribution < -0.4 is 5.32 Å². The van der Waals surface area contributed by atoms with Crippen LogP contribution in [0.1, 0.15) is 12.8 Å². The summed E-state index contributed by atoms with van der Waals surface area (Å²) in [5.41, 5.74) is 1.03. The van der Waals surface area contributed by atoms with Gasteiger partial charge in [0.05, 0.1) is 16.2 Å². The van der Waals surface area contributed by atoms with Crippen LogP contribution in [-0.2, 0) is 0 Å². The Bertz CT molecular complexity index is 608. The second kappa shape index (κ2) is 4.64. The summed E-state index contributed by atoms with van der Waals surface area (Å²) >= 11 is 0. The van der Waals surface area contributed by atoms with Crippen molar-refractivity contribution in [2.45, 2.75) is 18.9 Å². The lowest BCUT2D eigenvalue weighted by Gasteiger charge is -2.04. The van der Waals surface area contributed by atoms with Gasteiger partial charge < -0.3 is 5.32 Å². The van der Waals surface area contributed by atoms with E-state index < -0.39 is 4.92 Å². The normalized spacial score (nSPS) is 14.1. The van der Waals surface area contributed by atoms with E-state index in [1.54, 1.807) is 30.3 Å². The highest BCUT2D eigenvalue weighted by molar-refractivity contribution is 5.70. The van der Waals surface area contributed by atoms with Crippen molar-refractivity contribution in [1.82, 2.24) is 10.2 Å². The van der Waals surface area contributed by atoms with E-state index in [9.17, 15) is 10.1 Å². The summed E-state index contributed by atoms with van der Waals surface area (Å²) in [5, 5.41) is 22.3. The van der Waals surface area contributed by atoms with Gasteiger partial charge in [-0.3, -0.25) is 10.1 Å². The number of nitrogens with one attached hydrogen (secondary N) is 1. The van der Waals surface area contributed by atoms with Gasteiger partial charge in [0.1, 0.15) is 5.82 Å². The fraction of sp³-hybridized carbons (Fsp3) is 0.231. The molecule has 0 amide bonds. The molecule has 1 aromatic carbocycles. The first-order valence-electron chi connectivity index (χ1n) is 6.08. The van der Waals surface area contributed by atoms with Gasteiger partial charge in [-0.15, -0.1) is 10.2 Å². The number of nitro benzene ring substituents is 1. The second-order valence-corrected chi connectivity index (χ2v) is 4.50. The minimum Gasteiger partial charge on any atom is -0.366 e. The molecule has 0 spiro atoms. The molecule has 0 radical (unpaired) electrons. The molecule has 1 heterocycles. The molecule has 96 valence electrons. The van der Waals surface area contributed by atoms with E-state index >= 15 is 0 Å². The third-order valence-electron chi connectivity index (χ3n) is 2.97. The predicted octanol–water partition coefficient (Wildman–Crippen LogP) is 2.63. The van der Waals surface area contributed by atoms with Crippen LogP contribution in [0.4, 0.5) is 11.5 Å². The number of hydrogen-bond acceptors (Lipinski definition) is 5. The van der Waals surface area contributed by atoms with Gasteiger partial charge in [0.2, 0.25) is 0 Å².